The van der Waals surface area contributed by atoms with Crippen LogP contribution in [0, 0.1) is 6.92 Å². The Balaban J connectivity index is 1.43. The van der Waals surface area contributed by atoms with Gasteiger partial charge in [-0.3, -0.25) is 4.99 Å². The number of alkyl halides is 3. The summed E-state index contributed by atoms with van der Waals surface area (Å²) >= 11 is 0. The second kappa shape index (κ2) is 11.0. The van der Waals surface area contributed by atoms with Gasteiger partial charge in [0, 0.05) is 26.7 Å². The van der Waals surface area contributed by atoms with Gasteiger partial charge in [0.1, 0.15) is 12.4 Å². The first-order chi connectivity index (χ1) is 15.4. The molecule has 0 fully saturated rings. The third-order valence-electron chi connectivity index (χ3n) is 4.91. The van der Waals surface area contributed by atoms with Crippen molar-refractivity contribution in [2.75, 3.05) is 20.2 Å². The number of para-hydroxylation sites is 2. The number of fused-ring (bicyclic) bond motifs is 1. The topological polar surface area (TPSA) is 63.5 Å². The van der Waals surface area contributed by atoms with Crippen molar-refractivity contribution in [3.05, 3.63) is 65.5 Å². The molecule has 1 aromatic heterocycles. The highest BCUT2D eigenvalue weighted by molar-refractivity contribution is 5.79. The Morgan fingerprint density at radius 2 is 1.88 bits per heavy atom. The van der Waals surface area contributed by atoms with E-state index in [2.05, 4.69) is 31.2 Å². The molecule has 0 aliphatic rings. The minimum absolute atomic E-state index is 0.0807. The van der Waals surface area contributed by atoms with E-state index in [4.69, 9.17) is 4.74 Å². The van der Waals surface area contributed by atoms with Crippen LogP contribution in [0.4, 0.5) is 13.2 Å². The van der Waals surface area contributed by atoms with Crippen molar-refractivity contribution in [1.82, 2.24) is 20.2 Å². The van der Waals surface area contributed by atoms with Crippen LogP contribution in [-0.4, -0.2) is 41.9 Å². The number of nitrogens with one attached hydrogen (secondary N) is 2. The van der Waals surface area contributed by atoms with Crippen molar-refractivity contribution >= 4 is 17.0 Å². The fourth-order valence-corrected chi connectivity index (χ4v) is 3.44. The second-order valence-electron chi connectivity index (χ2n) is 7.43. The first kappa shape index (κ1) is 23.6. The molecule has 2 N–H and O–H groups in total. The molecular weight excluding hydrogens is 419 g/mol. The summed E-state index contributed by atoms with van der Waals surface area (Å²) in [6, 6.07) is 15.4. The van der Waals surface area contributed by atoms with Crippen LogP contribution in [-0.2, 0) is 24.4 Å². The number of rotatable bonds is 9. The Morgan fingerprint density at radius 3 is 2.66 bits per heavy atom. The van der Waals surface area contributed by atoms with Gasteiger partial charge in [-0.2, -0.15) is 13.2 Å². The fourth-order valence-electron chi connectivity index (χ4n) is 3.44. The maximum atomic E-state index is 12.2. The standard InChI is InChI=1S/C23H28F3N5O/c1-17-30-20-9-3-4-10-21(20)31(17)12-6-11-28-22(27-2)29-14-18-7-5-8-19(13-18)15-32-16-23(24,25)26/h3-5,7-10,13H,6,11-12,14-16H2,1-2H3,(H2,27,28,29). The molecule has 172 valence electrons. The molecule has 0 unspecified atom stereocenters. The summed E-state index contributed by atoms with van der Waals surface area (Å²) in [5, 5.41) is 6.52. The summed E-state index contributed by atoms with van der Waals surface area (Å²) in [6.45, 7) is 2.75. The maximum Gasteiger partial charge on any atom is 0.411 e. The molecule has 0 saturated heterocycles. The zero-order valence-corrected chi connectivity index (χ0v) is 18.2. The third-order valence-corrected chi connectivity index (χ3v) is 4.91. The van der Waals surface area contributed by atoms with E-state index in [1.165, 1.54) is 0 Å². The lowest BCUT2D eigenvalue weighted by atomic mass is 10.1. The molecule has 0 atom stereocenters. The van der Waals surface area contributed by atoms with E-state index in [-0.39, 0.29) is 6.61 Å². The van der Waals surface area contributed by atoms with Crippen LogP contribution in [0.3, 0.4) is 0 Å². The Morgan fingerprint density at radius 1 is 1.09 bits per heavy atom. The average Bonchev–Trinajstić information content (AvgIpc) is 3.07. The average molecular weight is 448 g/mol. The number of aliphatic imine (C=N–C) groups is 1. The molecule has 1 heterocycles. The van der Waals surface area contributed by atoms with E-state index in [1.807, 2.05) is 37.3 Å². The monoisotopic (exact) mass is 447 g/mol. The molecule has 6 nitrogen and oxygen atoms in total. The van der Waals surface area contributed by atoms with E-state index in [0.717, 1.165) is 41.9 Å². The van der Waals surface area contributed by atoms with Crippen LogP contribution in [0.1, 0.15) is 23.4 Å². The number of guanidine groups is 1. The van der Waals surface area contributed by atoms with Gasteiger partial charge in [0.2, 0.25) is 0 Å². The molecule has 2 aromatic carbocycles. The molecule has 0 amide bonds. The molecule has 0 saturated carbocycles. The van der Waals surface area contributed by atoms with Crippen LogP contribution in [0.25, 0.3) is 11.0 Å². The van der Waals surface area contributed by atoms with Gasteiger partial charge in [-0.25, -0.2) is 4.98 Å². The number of benzene rings is 2. The molecule has 0 radical (unpaired) electrons. The van der Waals surface area contributed by atoms with Crippen molar-refractivity contribution in [3.8, 4) is 0 Å². The highest BCUT2D eigenvalue weighted by atomic mass is 19.4. The number of aryl methyl sites for hydroxylation is 2. The summed E-state index contributed by atoms with van der Waals surface area (Å²) in [7, 11) is 1.70. The van der Waals surface area contributed by atoms with Crippen LogP contribution in [0.5, 0.6) is 0 Å². The van der Waals surface area contributed by atoms with E-state index in [9.17, 15) is 13.2 Å². The van der Waals surface area contributed by atoms with Gasteiger partial charge in [-0.1, -0.05) is 36.4 Å². The first-order valence-corrected chi connectivity index (χ1v) is 10.4. The van der Waals surface area contributed by atoms with Crippen LogP contribution in [0.2, 0.25) is 0 Å². The van der Waals surface area contributed by atoms with Gasteiger partial charge < -0.3 is 19.9 Å². The second-order valence-corrected chi connectivity index (χ2v) is 7.43. The quantitative estimate of drug-likeness (QED) is 0.294. The summed E-state index contributed by atoms with van der Waals surface area (Å²) in [5.74, 6) is 1.66. The maximum absolute atomic E-state index is 12.2. The van der Waals surface area contributed by atoms with Gasteiger partial charge in [-0.05, 0) is 36.6 Å². The fraction of sp³-hybridized carbons (Fsp3) is 0.391. The summed E-state index contributed by atoms with van der Waals surface area (Å²) < 4.78 is 43.6. The zero-order chi connectivity index (χ0) is 23.0. The third kappa shape index (κ3) is 6.98. The highest BCUT2D eigenvalue weighted by Crippen LogP contribution is 2.17. The molecular formula is C23H28F3N5O. The number of hydrogen-bond acceptors (Lipinski definition) is 3. The van der Waals surface area contributed by atoms with Crippen molar-refractivity contribution in [2.45, 2.75) is 39.2 Å². The highest BCUT2D eigenvalue weighted by Gasteiger charge is 2.27. The number of ether oxygens (including phenoxy) is 1. The Labute approximate surface area is 185 Å². The van der Waals surface area contributed by atoms with Crippen molar-refractivity contribution < 1.29 is 17.9 Å². The predicted molar refractivity (Wildman–Crippen MR) is 119 cm³/mol. The number of aromatic nitrogens is 2. The van der Waals surface area contributed by atoms with Crippen LogP contribution in [0.15, 0.2) is 53.5 Å². The summed E-state index contributed by atoms with van der Waals surface area (Å²) in [4.78, 5) is 8.82. The Bertz CT molecular complexity index is 1050. The SMILES string of the molecule is CN=C(NCCCn1c(C)nc2ccccc21)NCc1cccc(COCC(F)(F)F)c1. The van der Waals surface area contributed by atoms with Gasteiger partial charge in [0.05, 0.1) is 17.6 Å². The molecule has 32 heavy (non-hydrogen) atoms. The van der Waals surface area contributed by atoms with Gasteiger partial charge >= 0.3 is 6.18 Å². The zero-order valence-electron chi connectivity index (χ0n) is 18.2. The van der Waals surface area contributed by atoms with E-state index in [0.29, 0.717) is 18.1 Å². The summed E-state index contributed by atoms with van der Waals surface area (Å²) in [6.07, 6.45) is -3.42. The minimum atomic E-state index is -4.32. The van der Waals surface area contributed by atoms with E-state index >= 15 is 0 Å². The molecule has 9 heteroatoms. The van der Waals surface area contributed by atoms with Crippen LogP contribution >= 0.6 is 0 Å². The van der Waals surface area contributed by atoms with E-state index < -0.39 is 12.8 Å². The lowest BCUT2D eigenvalue weighted by molar-refractivity contribution is -0.176. The van der Waals surface area contributed by atoms with Crippen molar-refractivity contribution in [2.24, 2.45) is 4.99 Å². The summed E-state index contributed by atoms with van der Waals surface area (Å²) in [5.41, 5.74) is 3.76. The van der Waals surface area contributed by atoms with Crippen molar-refractivity contribution in [3.63, 3.8) is 0 Å². The Hall–Kier alpha value is -3.07. The predicted octanol–water partition coefficient (Wildman–Crippen LogP) is 4.18. The van der Waals surface area contributed by atoms with Crippen molar-refractivity contribution in [1.29, 1.82) is 0 Å². The smallest absolute Gasteiger partial charge is 0.367 e. The lowest BCUT2D eigenvalue weighted by Gasteiger charge is -2.13. The largest absolute Gasteiger partial charge is 0.411 e. The Kier molecular flexibility index (Phi) is 8.10. The van der Waals surface area contributed by atoms with Gasteiger partial charge in [-0.15, -0.1) is 0 Å². The van der Waals surface area contributed by atoms with Gasteiger partial charge in [0.15, 0.2) is 5.96 Å². The molecule has 3 rings (SSSR count). The minimum Gasteiger partial charge on any atom is -0.367 e. The number of hydrogen-bond donors (Lipinski definition) is 2. The molecule has 0 aliphatic carbocycles. The number of nitrogens with zero attached hydrogens (tertiary/aromatic N) is 3. The molecule has 3 aromatic rings. The van der Waals surface area contributed by atoms with Gasteiger partial charge in [0.25, 0.3) is 0 Å². The lowest BCUT2D eigenvalue weighted by Crippen LogP contribution is -2.37. The molecule has 0 bridgehead atoms. The number of halogens is 3. The molecule has 0 spiro atoms. The normalized spacial score (nSPS) is 12.3. The first-order valence-electron chi connectivity index (χ1n) is 10.4. The van der Waals surface area contributed by atoms with E-state index in [1.54, 1.807) is 19.2 Å². The molecule has 0 aliphatic heterocycles. The number of imidazole rings is 1. The van der Waals surface area contributed by atoms with Crippen LogP contribution < -0.4 is 10.6 Å².